The monoisotopic (exact) mass is 656 g/mol. The van der Waals surface area contributed by atoms with Gasteiger partial charge in [-0.3, -0.25) is 31.7 Å². The maximum Gasteiger partial charge on any atom is 0.474 e. The van der Waals surface area contributed by atoms with E-state index in [0.717, 1.165) is 0 Å². The van der Waals surface area contributed by atoms with Crippen LogP contribution in [0.15, 0.2) is 0 Å². The molecule has 2 N–H and O–H groups in total. The van der Waals surface area contributed by atoms with Crippen molar-refractivity contribution in [2.75, 3.05) is 69.8 Å². The molecule has 0 atom stereocenters. The molecule has 34 heavy (non-hydrogen) atoms. The van der Waals surface area contributed by atoms with E-state index in [1.165, 1.54) is 0 Å². The molecule has 0 aliphatic heterocycles. The first-order chi connectivity index (χ1) is 15.9. The summed E-state index contributed by atoms with van der Waals surface area (Å²) in [6, 6.07) is 0. The standard InChI is InChI=1S/C14H28Cl5O12P3/c15-3-9-27-33(23,28-10-4-16)25-7-1-14(19,13-31-32(20,21)22)2-8-26-34(24,29-11-5-17)30-12-6-18/h1-13H2,(H2,20,21,22). The number of rotatable bonds is 23. The third kappa shape index (κ3) is 18.1. The second-order valence-corrected chi connectivity index (χ2v) is 13.0. The van der Waals surface area contributed by atoms with Gasteiger partial charge in [-0.15, -0.1) is 58.0 Å². The van der Waals surface area contributed by atoms with Crippen molar-refractivity contribution in [3.63, 3.8) is 0 Å². The van der Waals surface area contributed by atoms with E-state index in [-0.39, 0.29) is 76.0 Å². The molecular weight excluding hydrogens is 630 g/mol. The van der Waals surface area contributed by atoms with E-state index in [4.69, 9.17) is 94.9 Å². The van der Waals surface area contributed by atoms with E-state index in [9.17, 15) is 13.7 Å². The van der Waals surface area contributed by atoms with E-state index < -0.39 is 34.9 Å². The van der Waals surface area contributed by atoms with Gasteiger partial charge in [0.1, 0.15) is 0 Å². The van der Waals surface area contributed by atoms with E-state index in [1.54, 1.807) is 0 Å². The molecule has 0 fully saturated rings. The number of hydrogen-bond acceptors (Lipinski definition) is 10. The molecule has 0 saturated heterocycles. The van der Waals surface area contributed by atoms with Gasteiger partial charge in [0, 0.05) is 23.5 Å². The van der Waals surface area contributed by atoms with Crippen molar-refractivity contribution in [3.05, 3.63) is 0 Å². The molecule has 20 heteroatoms. The number of phosphoric ester groups is 3. The Hall–Kier alpha value is 1.78. The molecule has 0 amide bonds. The summed E-state index contributed by atoms with van der Waals surface area (Å²) in [5.74, 6) is 0.0640. The summed E-state index contributed by atoms with van der Waals surface area (Å²) in [4.78, 5) is 16.5. The Morgan fingerprint density at radius 1 is 0.559 bits per heavy atom. The lowest BCUT2D eigenvalue weighted by Gasteiger charge is -2.28. The van der Waals surface area contributed by atoms with Crippen LogP contribution < -0.4 is 0 Å². The average molecular weight is 659 g/mol. The highest BCUT2D eigenvalue weighted by atomic mass is 35.5. The van der Waals surface area contributed by atoms with Gasteiger partial charge in [-0.1, -0.05) is 0 Å². The molecule has 0 heterocycles. The van der Waals surface area contributed by atoms with Gasteiger partial charge >= 0.3 is 23.5 Å². The Labute approximate surface area is 223 Å². The smallest absolute Gasteiger partial charge is 0.303 e. The van der Waals surface area contributed by atoms with E-state index in [2.05, 4.69) is 4.52 Å². The summed E-state index contributed by atoms with van der Waals surface area (Å²) in [6.07, 6.45) is -0.350. The van der Waals surface area contributed by atoms with Crippen molar-refractivity contribution >= 4 is 81.5 Å². The van der Waals surface area contributed by atoms with Gasteiger partial charge in [-0.25, -0.2) is 13.7 Å². The highest BCUT2D eigenvalue weighted by Crippen LogP contribution is 2.51. The summed E-state index contributed by atoms with van der Waals surface area (Å²) in [5, 5.41) is 0. The molecule has 0 aromatic rings. The largest absolute Gasteiger partial charge is 0.474 e. The molecule has 0 saturated carbocycles. The fourth-order valence-corrected chi connectivity index (χ4v) is 5.73. The zero-order valence-electron chi connectivity index (χ0n) is 17.9. The molecule has 206 valence electrons. The van der Waals surface area contributed by atoms with Crippen LogP contribution in [0.3, 0.4) is 0 Å². The Morgan fingerprint density at radius 3 is 1.12 bits per heavy atom. The maximum absolute atomic E-state index is 12.6. The predicted molar refractivity (Wildman–Crippen MR) is 130 cm³/mol. The molecule has 12 nitrogen and oxygen atoms in total. The molecule has 0 spiro atoms. The Balaban J connectivity index is 5.18. The molecular formula is C14H28Cl5O12P3. The second-order valence-electron chi connectivity index (χ2n) is 6.06. The Kier molecular flexibility index (Phi) is 19.9. The van der Waals surface area contributed by atoms with Crippen LogP contribution in [0.4, 0.5) is 0 Å². The van der Waals surface area contributed by atoms with Crippen LogP contribution in [0, 0.1) is 0 Å². The van der Waals surface area contributed by atoms with Gasteiger partial charge in [-0.2, -0.15) is 0 Å². The van der Waals surface area contributed by atoms with Crippen LogP contribution >= 0.6 is 81.5 Å². The van der Waals surface area contributed by atoms with Crippen LogP contribution in [0.25, 0.3) is 0 Å². The van der Waals surface area contributed by atoms with Gasteiger partial charge in [0.05, 0.1) is 51.1 Å². The van der Waals surface area contributed by atoms with E-state index in [0.29, 0.717) is 0 Å². The molecule has 0 aliphatic carbocycles. The summed E-state index contributed by atoms with van der Waals surface area (Å²) in [5.41, 5.74) is 0. The minimum Gasteiger partial charge on any atom is -0.303 e. The van der Waals surface area contributed by atoms with Crippen LogP contribution in [0.5, 0.6) is 0 Å². The van der Waals surface area contributed by atoms with Gasteiger partial charge in [-0.05, 0) is 12.8 Å². The summed E-state index contributed by atoms with van der Waals surface area (Å²) >= 11 is 28.6. The van der Waals surface area contributed by atoms with Crippen LogP contribution in [-0.2, 0) is 45.4 Å². The normalized spacial score (nSPS) is 13.5. The van der Waals surface area contributed by atoms with Crippen molar-refractivity contribution in [1.29, 1.82) is 0 Å². The van der Waals surface area contributed by atoms with Crippen molar-refractivity contribution < 1.29 is 55.1 Å². The van der Waals surface area contributed by atoms with Crippen molar-refractivity contribution in [1.82, 2.24) is 0 Å². The lowest BCUT2D eigenvalue weighted by molar-refractivity contribution is 0.0980. The molecule has 0 rings (SSSR count). The van der Waals surface area contributed by atoms with Crippen molar-refractivity contribution in [3.8, 4) is 0 Å². The average Bonchev–Trinajstić information content (AvgIpc) is 2.77. The quantitative estimate of drug-likeness (QED) is 0.110. The van der Waals surface area contributed by atoms with Gasteiger partial charge in [0.15, 0.2) is 0 Å². The number of halogens is 5. The molecule has 0 unspecified atom stereocenters. The third-order valence-corrected chi connectivity index (χ3v) is 7.96. The minimum absolute atomic E-state index is 0.0160. The van der Waals surface area contributed by atoms with Gasteiger partial charge < -0.3 is 9.79 Å². The first-order valence-corrected chi connectivity index (χ1v) is 16.5. The predicted octanol–water partition coefficient (Wildman–Crippen LogP) is 5.12. The number of hydrogen-bond donors (Lipinski definition) is 2. The number of alkyl halides is 5. The highest BCUT2D eigenvalue weighted by molar-refractivity contribution is 7.48. The molecule has 0 aromatic heterocycles. The van der Waals surface area contributed by atoms with Crippen LogP contribution in [0.2, 0.25) is 0 Å². The molecule has 0 aromatic carbocycles. The summed E-state index contributed by atoms with van der Waals surface area (Å²) < 4.78 is 71.3. The fourth-order valence-electron chi connectivity index (χ4n) is 1.96. The minimum atomic E-state index is -4.88. The third-order valence-electron chi connectivity index (χ3n) is 3.40. The topological polar surface area (TPSA) is 156 Å². The maximum atomic E-state index is 12.6. The SMILES string of the molecule is O=P(O)(O)OCC(Cl)(CCOP(=O)(OCCCl)OCCCl)CCOP(=O)(OCCCl)OCCCl. The van der Waals surface area contributed by atoms with Gasteiger partial charge in [0.2, 0.25) is 0 Å². The van der Waals surface area contributed by atoms with Crippen molar-refractivity contribution in [2.24, 2.45) is 0 Å². The van der Waals surface area contributed by atoms with Crippen LogP contribution in [-0.4, -0.2) is 84.4 Å². The number of phosphoric acid groups is 3. The molecule has 0 aliphatic rings. The fraction of sp³-hybridized carbons (Fsp3) is 1.00. The first-order valence-electron chi connectivity index (χ1n) is 9.57. The molecule has 0 radical (unpaired) electrons. The second kappa shape index (κ2) is 18.9. The first kappa shape index (κ1) is 35.8. The zero-order chi connectivity index (χ0) is 26.1. The van der Waals surface area contributed by atoms with Crippen LogP contribution in [0.1, 0.15) is 12.8 Å². The molecule has 0 bridgehead atoms. The van der Waals surface area contributed by atoms with Crippen molar-refractivity contribution in [2.45, 2.75) is 17.7 Å². The van der Waals surface area contributed by atoms with E-state index in [1.807, 2.05) is 0 Å². The lowest BCUT2D eigenvalue weighted by atomic mass is 10.0. The summed E-state index contributed by atoms with van der Waals surface area (Å²) in [7, 11) is -12.9. The zero-order valence-corrected chi connectivity index (χ0v) is 24.4. The summed E-state index contributed by atoms with van der Waals surface area (Å²) in [6.45, 7) is -1.91. The van der Waals surface area contributed by atoms with E-state index >= 15 is 0 Å². The van der Waals surface area contributed by atoms with Gasteiger partial charge in [0.25, 0.3) is 0 Å². The Bertz CT molecular complexity index is 621. The lowest BCUT2D eigenvalue weighted by Crippen LogP contribution is -2.31. The highest BCUT2D eigenvalue weighted by Gasteiger charge is 2.35. The Morgan fingerprint density at radius 2 is 0.853 bits per heavy atom.